The van der Waals surface area contributed by atoms with Gasteiger partial charge in [0.15, 0.2) is 0 Å². The second kappa shape index (κ2) is 6.99. The molecule has 3 aromatic carbocycles. The summed E-state index contributed by atoms with van der Waals surface area (Å²) in [4.78, 5) is 7.54. The van der Waals surface area contributed by atoms with Gasteiger partial charge in [0.05, 0.1) is 23.7 Å². The van der Waals surface area contributed by atoms with Crippen LogP contribution in [0.5, 0.6) is 0 Å². The van der Waals surface area contributed by atoms with Crippen molar-refractivity contribution in [2.45, 2.75) is 6.54 Å². The van der Waals surface area contributed by atoms with Crippen molar-refractivity contribution in [3.8, 4) is 17.2 Å². The molecule has 0 aliphatic heterocycles. The molecular weight excluding hydrogens is 338 g/mol. The number of hydrogen-bond donors (Lipinski definition) is 0. The molecule has 0 aliphatic rings. The third-order valence-electron chi connectivity index (χ3n) is 4.52. The van der Waals surface area contributed by atoms with E-state index in [4.69, 9.17) is 0 Å². The maximum absolute atomic E-state index is 9.62. The van der Waals surface area contributed by atoms with Gasteiger partial charge in [0.1, 0.15) is 0 Å². The van der Waals surface area contributed by atoms with Crippen LogP contribution in [0, 0.1) is 11.3 Å². The number of nitrogens with zero attached hydrogens (tertiary/aromatic N) is 3. The maximum atomic E-state index is 9.62. The van der Waals surface area contributed by atoms with E-state index in [1.165, 1.54) is 10.3 Å². The van der Waals surface area contributed by atoms with E-state index >= 15 is 0 Å². The Labute approximate surface area is 156 Å². The third kappa shape index (κ3) is 3.05. The quantitative estimate of drug-likeness (QED) is 0.487. The van der Waals surface area contributed by atoms with Gasteiger partial charge in [-0.05, 0) is 34.5 Å². The van der Waals surface area contributed by atoms with E-state index < -0.39 is 0 Å². The fraction of sp³-hybridized carbons (Fsp3) is 0.0909. The summed E-state index contributed by atoms with van der Waals surface area (Å²) < 4.78 is 0. The van der Waals surface area contributed by atoms with Gasteiger partial charge < -0.3 is 4.90 Å². The van der Waals surface area contributed by atoms with Crippen molar-refractivity contribution in [1.29, 1.82) is 5.26 Å². The lowest BCUT2D eigenvalue weighted by atomic mass is 9.94. The van der Waals surface area contributed by atoms with Crippen LogP contribution >= 0.6 is 11.3 Å². The van der Waals surface area contributed by atoms with E-state index in [1.54, 1.807) is 11.3 Å². The minimum Gasteiger partial charge on any atom is -0.369 e. The van der Waals surface area contributed by atoms with E-state index in [2.05, 4.69) is 53.3 Å². The summed E-state index contributed by atoms with van der Waals surface area (Å²) in [6.07, 6.45) is 1.90. The summed E-state index contributed by atoms with van der Waals surface area (Å²) in [5, 5.41) is 12.0. The lowest BCUT2D eigenvalue weighted by Crippen LogP contribution is -2.15. The Morgan fingerprint density at radius 1 is 1.04 bits per heavy atom. The minimum atomic E-state index is 0.691. The number of rotatable bonds is 4. The Morgan fingerprint density at radius 2 is 1.88 bits per heavy atom. The zero-order valence-electron chi connectivity index (χ0n) is 14.4. The summed E-state index contributed by atoms with van der Waals surface area (Å²) in [5.74, 6) is 0. The van der Waals surface area contributed by atoms with Crippen LogP contribution in [0.3, 0.4) is 0 Å². The van der Waals surface area contributed by atoms with Gasteiger partial charge in [-0.25, -0.2) is 0 Å². The van der Waals surface area contributed by atoms with Crippen LogP contribution < -0.4 is 4.90 Å². The Balaban J connectivity index is 1.81. The first-order valence-corrected chi connectivity index (χ1v) is 9.25. The molecule has 0 amide bonds. The Bertz CT molecular complexity index is 1090. The highest BCUT2D eigenvalue weighted by Crippen LogP contribution is 2.33. The lowest BCUT2D eigenvalue weighted by molar-refractivity contribution is 0.937. The largest absolute Gasteiger partial charge is 0.369 e. The lowest BCUT2D eigenvalue weighted by Gasteiger charge is -2.20. The van der Waals surface area contributed by atoms with Crippen LogP contribution in [0.1, 0.15) is 10.4 Å². The predicted octanol–water partition coefficient (Wildman–Crippen LogP) is 5.47. The van der Waals surface area contributed by atoms with Crippen LogP contribution in [0.15, 0.2) is 72.4 Å². The van der Waals surface area contributed by atoms with Gasteiger partial charge in [-0.3, -0.25) is 4.98 Å². The molecular formula is C22H17N3S. The van der Waals surface area contributed by atoms with Gasteiger partial charge in [0.25, 0.3) is 0 Å². The molecule has 4 aromatic rings. The van der Waals surface area contributed by atoms with Crippen LogP contribution in [-0.4, -0.2) is 12.0 Å². The van der Waals surface area contributed by atoms with Gasteiger partial charge in [0, 0.05) is 29.4 Å². The number of hydrogen-bond acceptors (Lipinski definition) is 4. The van der Waals surface area contributed by atoms with Gasteiger partial charge in [-0.2, -0.15) is 5.26 Å². The van der Waals surface area contributed by atoms with Crippen molar-refractivity contribution >= 4 is 27.8 Å². The SMILES string of the molecule is CN(Cc1cncs1)c1ccc(C#N)c(-c2cccc3ccccc23)c1. The third-order valence-corrected chi connectivity index (χ3v) is 5.29. The molecule has 3 nitrogen and oxygen atoms in total. The average Bonchev–Trinajstić information content (AvgIpc) is 3.20. The first-order chi connectivity index (χ1) is 12.8. The number of nitriles is 1. The summed E-state index contributed by atoms with van der Waals surface area (Å²) in [5.41, 5.74) is 5.69. The van der Waals surface area contributed by atoms with Crippen LogP contribution in [0.25, 0.3) is 21.9 Å². The topological polar surface area (TPSA) is 39.9 Å². The summed E-state index contributed by atoms with van der Waals surface area (Å²) in [7, 11) is 2.06. The van der Waals surface area contributed by atoms with E-state index in [-0.39, 0.29) is 0 Å². The molecule has 126 valence electrons. The molecule has 0 spiro atoms. The summed E-state index contributed by atoms with van der Waals surface area (Å²) in [6.45, 7) is 0.797. The minimum absolute atomic E-state index is 0.691. The Kier molecular flexibility index (Phi) is 4.39. The number of aromatic nitrogens is 1. The number of anilines is 1. The van der Waals surface area contributed by atoms with Crippen molar-refractivity contribution in [1.82, 2.24) is 4.98 Å². The monoisotopic (exact) mass is 355 g/mol. The summed E-state index contributed by atoms with van der Waals surface area (Å²) >= 11 is 1.65. The molecule has 1 heterocycles. The predicted molar refractivity (Wildman–Crippen MR) is 108 cm³/mol. The van der Waals surface area contributed by atoms with Crippen LogP contribution in [0.2, 0.25) is 0 Å². The van der Waals surface area contributed by atoms with E-state index in [0.717, 1.165) is 28.7 Å². The molecule has 4 heteroatoms. The molecule has 0 aliphatic carbocycles. The molecule has 0 fully saturated rings. The van der Waals surface area contributed by atoms with Crippen molar-refractivity contribution < 1.29 is 0 Å². The van der Waals surface area contributed by atoms with Crippen LogP contribution in [-0.2, 0) is 6.54 Å². The van der Waals surface area contributed by atoms with Crippen molar-refractivity contribution in [3.63, 3.8) is 0 Å². The van der Waals surface area contributed by atoms with Crippen LogP contribution in [0.4, 0.5) is 5.69 Å². The molecule has 1 aromatic heterocycles. The zero-order chi connectivity index (χ0) is 17.9. The highest BCUT2D eigenvalue weighted by Gasteiger charge is 2.12. The normalized spacial score (nSPS) is 10.6. The maximum Gasteiger partial charge on any atom is 0.0998 e. The fourth-order valence-corrected chi connectivity index (χ4v) is 3.84. The fourth-order valence-electron chi connectivity index (χ4n) is 3.20. The van der Waals surface area contributed by atoms with Crippen molar-refractivity contribution in [3.05, 3.63) is 82.8 Å². The molecule has 0 atom stereocenters. The molecule has 0 bridgehead atoms. The molecule has 0 saturated heterocycles. The number of fused-ring (bicyclic) bond motifs is 1. The molecule has 0 N–H and O–H groups in total. The Hall–Kier alpha value is -3.16. The molecule has 0 saturated carbocycles. The van der Waals surface area contributed by atoms with Crippen molar-refractivity contribution in [2.24, 2.45) is 0 Å². The highest BCUT2D eigenvalue weighted by atomic mass is 32.1. The average molecular weight is 355 g/mol. The molecule has 4 rings (SSSR count). The first-order valence-electron chi connectivity index (χ1n) is 8.37. The second-order valence-corrected chi connectivity index (χ2v) is 7.16. The number of benzene rings is 3. The smallest absolute Gasteiger partial charge is 0.0998 e. The first kappa shape index (κ1) is 16.3. The van der Waals surface area contributed by atoms with Gasteiger partial charge in [0.2, 0.25) is 0 Å². The molecule has 26 heavy (non-hydrogen) atoms. The van der Waals surface area contributed by atoms with Gasteiger partial charge >= 0.3 is 0 Å². The zero-order valence-corrected chi connectivity index (χ0v) is 15.2. The highest BCUT2D eigenvalue weighted by molar-refractivity contribution is 7.09. The number of thiazole rings is 1. The van der Waals surface area contributed by atoms with E-state index in [9.17, 15) is 5.26 Å². The summed E-state index contributed by atoms with van der Waals surface area (Å²) in [6, 6.07) is 22.9. The van der Waals surface area contributed by atoms with E-state index in [1.807, 2.05) is 42.0 Å². The van der Waals surface area contributed by atoms with E-state index in [0.29, 0.717) is 5.56 Å². The Morgan fingerprint density at radius 3 is 2.69 bits per heavy atom. The van der Waals surface area contributed by atoms with Crippen molar-refractivity contribution in [2.75, 3.05) is 11.9 Å². The standard InChI is InChI=1S/C22H17N3S/c1-25(14-19-13-24-15-26-19)18-10-9-17(12-23)22(11-18)21-8-4-6-16-5-2-3-7-20(16)21/h2-11,13,15H,14H2,1H3. The second-order valence-electron chi connectivity index (χ2n) is 6.19. The van der Waals surface area contributed by atoms with Gasteiger partial charge in [-0.15, -0.1) is 11.3 Å². The molecule has 0 unspecified atom stereocenters. The van der Waals surface area contributed by atoms with Gasteiger partial charge in [-0.1, -0.05) is 42.5 Å². The molecule has 0 radical (unpaired) electrons.